The molecule has 0 saturated carbocycles. The van der Waals surface area contributed by atoms with Gasteiger partial charge in [0.05, 0.1) is 23.0 Å². The Morgan fingerprint density at radius 2 is 1.90 bits per heavy atom. The van der Waals surface area contributed by atoms with E-state index in [2.05, 4.69) is 15.4 Å². The predicted octanol–water partition coefficient (Wildman–Crippen LogP) is 3.72. The van der Waals surface area contributed by atoms with Crippen LogP contribution in [0.3, 0.4) is 0 Å². The molecule has 3 N–H and O–H groups in total. The lowest BCUT2D eigenvalue weighted by Crippen LogP contribution is -2.30. The predicted molar refractivity (Wildman–Crippen MR) is 96.1 cm³/mol. The Bertz CT molecular complexity index is 1060. The molecular weight excluding hydrogens is 436 g/mol. The van der Waals surface area contributed by atoms with Crippen molar-refractivity contribution in [2.75, 3.05) is 13.1 Å². The van der Waals surface area contributed by atoms with E-state index in [0.717, 1.165) is 29.7 Å². The van der Waals surface area contributed by atoms with Crippen LogP contribution in [0.15, 0.2) is 35.8 Å². The van der Waals surface area contributed by atoms with Gasteiger partial charge in [-0.05, 0) is 12.1 Å². The highest BCUT2D eigenvalue weighted by molar-refractivity contribution is 7.12. The van der Waals surface area contributed by atoms with Gasteiger partial charge in [-0.15, -0.1) is 11.3 Å². The van der Waals surface area contributed by atoms with E-state index in [-0.39, 0.29) is 29.5 Å². The minimum Gasteiger partial charge on any atom is -0.351 e. The van der Waals surface area contributed by atoms with Crippen LogP contribution in [0, 0.1) is 0 Å². The van der Waals surface area contributed by atoms with Gasteiger partial charge in [0.15, 0.2) is 5.69 Å². The van der Waals surface area contributed by atoms with Crippen LogP contribution in [0.2, 0.25) is 0 Å². The second-order valence-electron chi connectivity index (χ2n) is 5.95. The number of aromatic nitrogens is 3. The van der Waals surface area contributed by atoms with Crippen LogP contribution in [0.5, 0.6) is 0 Å². The molecule has 3 rings (SSSR count). The lowest BCUT2D eigenvalue weighted by Gasteiger charge is -2.11. The van der Waals surface area contributed by atoms with E-state index < -0.39 is 35.1 Å². The topological polar surface area (TPSA) is 85.8 Å². The van der Waals surface area contributed by atoms with Gasteiger partial charge in [0, 0.05) is 24.0 Å². The number of carbonyl (C=O) groups is 1. The number of hydrogen-bond donors (Lipinski definition) is 2. The molecule has 0 bridgehead atoms. The second-order valence-corrected chi connectivity index (χ2v) is 6.79. The number of carbonyl (C=O) groups excluding carboxylic acids is 1. The summed E-state index contributed by atoms with van der Waals surface area (Å²) < 4.78 is 80.0. The molecule has 1 amide bonds. The number of nitrogens with zero attached hydrogens (tertiary/aromatic N) is 3. The van der Waals surface area contributed by atoms with Gasteiger partial charge in [0.1, 0.15) is 0 Å². The summed E-state index contributed by atoms with van der Waals surface area (Å²) in [6, 6.07) is 4.25. The summed E-state index contributed by atoms with van der Waals surface area (Å²) in [6.45, 7) is 0.00626. The molecule has 160 valence electrons. The molecule has 30 heavy (non-hydrogen) atoms. The first-order valence-corrected chi connectivity index (χ1v) is 9.17. The lowest BCUT2D eigenvalue weighted by molar-refractivity contribution is -0.143. The van der Waals surface area contributed by atoms with Gasteiger partial charge in [-0.1, -0.05) is 12.1 Å². The van der Waals surface area contributed by atoms with Crippen LogP contribution < -0.4 is 11.1 Å². The maximum absolute atomic E-state index is 13.6. The number of hydrogen-bond acceptors (Lipinski definition) is 5. The van der Waals surface area contributed by atoms with Crippen molar-refractivity contribution in [3.8, 4) is 16.4 Å². The van der Waals surface area contributed by atoms with Crippen LogP contribution in [-0.2, 0) is 12.4 Å². The maximum Gasteiger partial charge on any atom is 0.434 e. The summed E-state index contributed by atoms with van der Waals surface area (Å²) in [5.41, 5.74) is 2.38. The molecule has 2 heterocycles. The van der Waals surface area contributed by atoms with Crippen LogP contribution >= 0.6 is 11.3 Å². The van der Waals surface area contributed by atoms with Gasteiger partial charge in [-0.2, -0.15) is 31.4 Å². The molecule has 0 atom stereocenters. The molecule has 0 aliphatic rings. The van der Waals surface area contributed by atoms with Crippen molar-refractivity contribution in [1.82, 2.24) is 20.1 Å². The molecule has 0 unspecified atom stereocenters. The summed E-state index contributed by atoms with van der Waals surface area (Å²) in [6.07, 6.45) is -8.76. The Morgan fingerprint density at radius 1 is 1.17 bits per heavy atom. The van der Waals surface area contributed by atoms with Crippen LogP contribution in [0.1, 0.15) is 21.6 Å². The second kappa shape index (κ2) is 8.07. The summed E-state index contributed by atoms with van der Waals surface area (Å²) in [5.74, 6) is -1.01. The smallest absolute Gasteiger partial charge is 0.351 e. The number of thiazole rings is 1. The van der Waals surface area contributed by atoms with Crippen molar-refractivity contribution in [2.24, 2.45) is 5.73 Å². The fourth-order valence-corrected chi connectivity index (χ4v) is 3.36. The van der Waals surface area contributed by atoms with Gasteiger partial charge in [-0.25, -0.2) is 9.67 Å². The third-order valence-electron chi connectivity index (χ3n) is 3.87. The highest BCUT2D eigenvalue weighted by atomic mass is 32.1. The number of halogens is 6. The van der Waals surface area contributed by atoms with Crippen LogP contribution in [0.25, 0.3) is 16.4 Å². The van der Waals surface area contributed by atoms with Gasteiger partial charge >= 0.3 is 12.4 Å². The lowest BCUT2D eigenvalue weighted by atomic mass is 10.1. The number of rotatable bonds is 5. The summed E-state index contributed by atoms with van der Waals surface area (Å²) in [7, 11) is 0. The SMILES string of the molecule is NCCNC(=O)c1cnn(-c2nc(-c3cccc(C(F)(F)F)c3)cs2)c1C(F)(F)F. The van der Waals surface area contributed by atoms with Crippen molar-refractivity contribution < 1.29 is 31.1 Å². The van der Waals surface area contributed by atoms with Crippen LogP contribution in [0.4, 0.5) is 26.3 Å². The highest BCUT2D eigenvalue weighted by Crippen LogP contribution is 2.36. The van der Waals surface area contributed by atoms with Crippen molar-refractivity contribution in [2.45, 2.75) is 12.4 Å². The molecular formula is C17H13F6N5OS. The monoisotopic (exact) mass is 449 g/mol. The van der Waals surface area contributed by atoms with Crippen molar-refractivity contribution in [3.63, 3.8) is 0 Å². The Morgan fingerprint density at radius 3 is 2.53 bits per heavy atom. The fourth-order valence-electron chi connectivity index (χ4n) is 2.56. The van der Waals surface area contributed by atoms with E-state index in [0.29, 0.717) is 4.68 Å². The van der Waals surface area contributed by atoms with Crippen LogP contribution in [-0.4, -0.2) is 33.8 Å². The van der Waals surface area contributed by atoms with Gasteiger partial charge < -0.3 is 11.1 Å². The summed E-state index contributed by atoms with van der Waals surface area (Å²) in [5, 5.41) is 6.90. The number of nitrogens with one attached hydrogen (secondary N) is 1. The molecule has 2 aromatic heterocycles. The number of amides is 1. The molecule has 0 saturated heterocycles. The molecule has 0 radical (unpaired) electrons. The zero-order valence-corrected chi connectivity index (χ0v) is 15.7. The highest BCUT2D eigenvalue weighted by Gasteiger charge is 2.41. The number of benzene rings is 1. The molecule has 0 aliphatic heterocycles. The first-order valence-electron chi connectivity index (χ1n) is 8.29. The van der Waals surface area contributed by atoms with Gasteiger partial charge in [0.25, 0.3) is 5.91 Å². The van der Waals surface area contributed by atoms with E-state index in [1.54, 1.807) is 0 Å². The van der Waals surface area contributed by atoms with E-state index in [1.807, 2.05) is 0 Å². The first-order chi connectivity index (χ1) is 14.0. The molecule has 13 heteroatoms. The van der Waals surface area contributed by atoms with Crippen molar-refractivity contribution >= 4 is 17.2 Å². The minimum atomic E-state index is -4.94. The Kier molecular flexibility index (Phi) is 5.85. The van der Waals surface area contributed by atoms with E-state index >= 15 is 0 Å². The van der Waals surface area contributed by atoms with Gasteiger partial charge in [0.2, 0.25) is 5.13 Å². The third kappa shape index (κ3) is 4.46. The molecule has 0 fully saturated rings. The Labute approximate surface area is 169 Å². The Hall–Kier alpha value is -2.93. The van der Waals surface area contributed by atoms with Crippen molar-refractivity contribution in [1.29, 1.82) is 0 Å². The zero-order valence-electron chi connectivity index (χ0n) is 14.9. The molecule has 1 aromatic carbocycles. The molecule has 0 aliphatic carbocycles. The first kappa shape index (κ1) is 21.8. The largest absolute Gasteiger partial charge is 0.434 e. The zero-order chi connectivity index (χ0) is 22.1. The third-order valence-corrected chi connectivity index (χ3v) is 4.69. The minimum absolute atomic E-state index is 0.0295. The normalized spacial score (nSPS) is 12.2. The molecule has 0 spiro atoms. The van der Waals surface area contributed by atoms with E-state index in [1.165, 1.54) is 17.5 Å². The van der Waals surface area contributed by atoms with Gasteiger partial charge in [-0.3, -0.25) is 4.79 Å². The average Bonchev–Trinajstić information content (AvgIpc) is 3.32. The Balaban J connectivity index is 2.02. The van der Waals surface area contributed by atoms with E-state index in [4.69, 9.17) is 5.73 Å². The fraction of sp³-hybridized carbons (Fsp3) is 0.235. The molecule has 6 nitrogen and oxygen atoms in total. The number of alkyl halides is 6. The number of nitrogens with two attached hydrogens (primary N) is 1. The molecule has 3 aromatic rings. The standard InChI is InChI=1S/C17H13F6N5OS/c18-16(19,20)10-3-1-2-9(6-10)12-8-30-15(27-12)28-13(17(21,22)23)11(7-26-28)14(29)25-5-4-24/h1-3,6-8H,4-5,24H2,(H,25,29). The van der Waals surface area contributed by atoms with Crippen molar-refractivity contribution in [3.05, 3.63) is 52.7 Å². The average molecular weight is 449 g/mol. The van der Waals surface area contributed by atoms with E-state index in [9.17, 15) is 31.1 Å². The quantitative estimate of drug-likeness (QED) is 0.582. The summed E-state index contributed by atoms with van der Waals surface area (Å²) >= 11 is 0.740. The maximum atomic E-state index is 13.6. The summed E-state index contributed by atoms with van der Waals surface area (Å²) in [4.78, 5) is 16.0.